The average molecular weight is 278 g/mol. The molecule has 1 amide bonds. The highest BCUT2D eigenvalue weighted by atomic mass is 32.2. The smallest absolute Gasteiger partial charge is 0.286 e. The number of thioether (sulfide) groups is 1. The minimum atomic E-state index is -0.0889. The van der Waals surface area contributed by atoms with Gasteiger partial charge in [0.05, 0.1) is 4.91 Å². The molecule has 3 nitrogen and oxygen atoms in total. The van der Waals surface area contributed by atoms with Gasteiger partial charge in [0.2, 0.25) is 0 Å². The van der Waals surface area contributed by atoms with E-state index < -0.39 is 0 Å². The fourth-order valence-corrected chi connectivity index (χ4v) is 3.81. The standard InChI is InChI=1S/C13H14N2OS2/c16-12-11(9-10-5-4-8-17-10)18-13(14-12)15-6-2-1-3-7-15/h4-5,8-9H,1-3,6-7H2/b11-9-. The Labute approximate surface area is 115 Å². The second-order valence-electron chi connectivity index (χ2n) is 4.37. The fraction of sp³-hybridized carbons (Fsp3) is 0.385. The van der Waals surface area contributed by atoms with Crippen LogP contribution < -0.4 is 0 Å². The van der Waals surface area contributed by atoms with Crippen LogP contribution in [0.15, 0.2) is 27.4 Å². The van der Waals surface area contributed by atoms with Gasteiger partial charge in [0.15, 0.2) is 5.17 Å². The lowest BCUT2D eigenvalue weighted by Crippen LogP contribution is -2.33. The zero-order valence-corrected chi connectivity index (χ0v) is 11.6. The molecule has 0 atom stereocenters. The number of aliphatic imine (C=N–C) groups is 1. The van der Waals surface area contributed by atoms with Gasteiger partial charge in [-0.3, -0.25) is 4.79 Å². The van der Waals surface area contributed by atoms with E-state index in [1.54, 1.807) is 11.3 Å². The summed E-state index contributed by atoms with van der Waals surface area (Å²) in [5.74, 6) is -0.0889. The normalized spacial score (nSPS) is 22.7. The van der Waals surface area contributed by atoms with E-state index in [1.807, 2.05) is 23.6 Å². The molecule has 2 aliphatic rings. The van der Waals surface area contributed by atoms with Crippen LogP contribution >= 0.6 is 23.1 Å². The SMILES string of the molecule is O=C1N=C(N2CCCCC2)S/C1=C\c1cccs1. The number of nitrogens with zero attached hydrogens (tertiary/aromatic N) is 2. The first kappa shape index (κ1) is 12.0. The molecule has 0 bridgehead atoms. The number of carbonyl (C=O) groups excluding carboxylic acids is 1. The number of amides is 1. The van der Waals surface area contributed by atoms with Crippen LogP contribution in [0.4, 0.5) is 0 Å². The monoisotopic (exact) mass is 278 g/mol. The Kier molecular flexibility index (Phi) is 3.52. The van der Waals surface area contributed by atoms with Crippen molar-refractivity contribution in [1.29, 1.82) is 0 Å². The molecule has 0 aliphatic carbocycles. The summed E-state index contributed by atoms with van der Waals surface area (Å²) in [6.07, 6.45) is 5.65. The third-order valence-corrected chi connectivity index (χ3v) is 4.92. The maximum absolute atomic E-state index is 11.9. The Hall–Kier alpha value is -1.07. The highest BCUT2D eigenvalue weighted by Crippen LogP contribution is 2.32. The maximum atomic E-state index is 11.9. The predicted molar refractivity (Wildman–Crippen MR) is 77.8 cm³/mol. The van der Waals surface area contributed by atoms with Gasteiger partial charge in [0, 0.05) is 18.0 Å². The first-order chi connectivity index (χ1) is 8.83. The van der Waals surface area contributed by atoms with E-state index in [2.05, 4.69) is 9.89 Å². The molecule has 1 saturated heterocycles. The zero-order chi connectivity index (χ0) is 12.4. The lowest BCUT2D eigenvalue weighted by molar-refractivity contribution is -0.113. The number of thiophene rings is 1. The van der Waals surface area contributed by atoms with E-state index in [9.17, 15) is 4.79 Å². The van der Waals surface area contributed by atoms with Crippen molar-refractivity contribution < 1.29 is 4.79 Å². The second-order valence-corrected chi connectivity index (χ2v) is 6.36. The molecule has 0 saturated carbocycles. The molecule has 3 heterocycles. The van der Waals surface area contributed by atoms with Crippen LogP contribution in [0.25, 0.3) is 6.08 Å². The topological polar surface area (TPSA) is 32.7 Å². The molecule has 3 rings (SSSR count). The van der Waals surface area contributed by atoms with E-state index in [0.717, 1.165) is 28.0 Å². The number of carbonyl (C=O) groups is 1. The van der Waals surface area contributed by atoms with Crippen LogP contribution in [-0.4, -0.2) is 29.1 Å². The maximum Gasteiger partial charge on any atom is 0.286 e. The summed E-state index contributed by atoms with van der Waals surface area (Å²) < 4.78 is 0. The molecular formula is C13H14N2OS2. The summed E-state index contributed by atoms with van der Waals surface area (Å²) in [5, 5.41) is 2.91. The summed E-state index contributed by atoms with van der Waals surface area (Å²) in [6, 6.07) is 4.01. The molecule has 0 aromatic carbocycles. The van der Waals surface area contributed by atoms with Crippen molar-refractivity contribution in [3.63, 3.8) is 0 Å². The Morgan fingerprint density at radius 1 is 1.28 bits per heavy atom. The van der Waals surface area contributed by atoms with Crippen LogP contribution in [-0.2, 0) is 4.79 Å². The highest BCUT2D eigenvalue weighted by molar-refractivity contribution is 8.18. The van der Waals surface area contributed by atoms with E-state index in [-0.39, 0.29) is 5.91 Å². The lowest BCUT2D eigenvalue weighted by Gasteiger charge is -2.27. The van der Waals surface area contributed by atoms with Crippen molar-refractivity contribution >= 4 is 40.2 Å². The number of hydrogen-bond acceptors (Lipinski definition) is 4. The predicted octanol–water partition coefficient (Wildman–Crippen LogP) is 3.20. The van der Waals surface area contributed by atoms with Crippen molar-refractivity contribution in [3.8, 4) is 0 Å². The van der Waals surface area contributed by atoms with Crippen molar-refractivity contribution in [3.05, 3.63) is 27.3 Å². The van der Waals surface area contributed by atoms with Gasteiger partial charge in [-0.15, -0.1) is 11.3 Å². The Morgan fingerprint density at radius 2 is 2.11 bits per heavy atom. The number of amidine groups is 1. The third kappa shape index (κ3) is 2.52. The van der Waals surface area contributed by atoms with Crippen LogP contribution in [0.1, 0.15) is 24.1 Å². The molecule has 0 radical (unpaired) electrons. The Morgan fingerprint density at radius 3 is 2.83 bits per heavy atom. The van der Waals surface area contributed by atoms with Crippen LogP contribution in [0.2, 0.25) is 0 Å². The van der Waals surface area contributed by atoms with Gasteiger partial charge < -0.3 is 4.90 Å². The van der Waals surface area contributed by atoms with Gasteiger partial charge in [-0.25, -0.2) is 0 Å². The zero-order valence-electron chi connectivity index (χ0n) is 9.96. The van der Waals surface area contributed by atoms with E-state index in [4.69, 9.17) is 0 Å². The highest BCUT2D eigenvalue weighted by Gasteiger charge is 2.26. The molecule has 0 N–H and O–H groups in total. The van der Waals surface area contributed by atoms with Gasteiger partial charge >= 0.3 is 0 Å². The number of rotatable bonds is 1. The summed E-state index contributed by atoms with van der Waals surface area (Å²) in [6.45, 7) is 2.07. The second kappa shape index (κ2) is 5.28. The van der Waals surface area contributed by atoms with Gasteiger partial charge in [-0.1, -0.05) is 6.07 Å². The van der Waals surface area contributed by atoms with Crippen molar-refractivity contribution in [2.75, 3.05) is 13.1 Å². The quantitative estimate of drug-likeness (QED) is 0.740. The van der Waals surface area contributed by atoms with E-state index in [0.29, 0.717) is 0 Å². The van der Waals surface area contributed by atoms with Gasteiger partial charge in [0.1, 0.15) is 0 Å². The molecule has 0 unspecified atom stereocenters. The van der Waals surface area contributed by atoms with E-state index in [1.165, 1.54) is 31.0 Å². The number of hydrogen-bond donors (Lipinski definition) is 0. The number of piperidine rings is 1. The minimum Gasteiger partial charge on any atom is -0.351 e. The van der Waals surface area contributed by atoms with Gasteiger partial charge in [-0.05, 0) is 48.5 Å². The number of likely N-dealkylation sites (tertiary alicyclic amines) is 1. The third-order valence-electron chi connectivity index (χ3n) is 3.05. The summed E-state index contributed by atoms with van der Waals surface area (Å²) in [7, 11) is 0. The molecule has 94 valence electrons. The van der Waals surface area contributed by atoms with Crippen molar-refractivity contribution in [1.82, 2.24) is 4.90 Å². The molecule has 18 heavy (non-hydrogen) atoms. The Balaban J connectivity index is 1.74. The Bertz CT molecular complexity index is 499. The van der Waals surface area contributed by atoms with Crippen molar-refractivity contribution in [2.45, 2.75) is 19.3 Å². The van der Waals surface area contributed by atoms with Crippen LogP contribution in [0, 0.1) is 0 Å². The van der Waals surface area contributed by atoms with Gasteiger partial charge in [-0.2, -0.15) is 4.99 Å². The summed E-state index contributed by atoms with van der Waals surface area (Å²) >= 11 is 3.16. The first-order valence-electron chi connectivity index (χ1n) is 6.14. The van der Waals surface area contributed by atoms with Crippen LogP contribution in [0.5, 0.6) is 0 Å². The van der Waals surface area contributed by atoms with E-state index >= 15 is 0 Å². The average Bonchev–Trinajstić information content (AvgIpc) is 3.02. The summed E-state index contributed by atoms with van der Waals surface area (Å²) in [4.78, 5) is 20.1. The minimum absolute atomic E-state index is 0.0889. The van der Waals surface area contributed by atoms with Crippen LogP contribution in [0.3, 0.4) is 0 Å². The largest absolute Gasteiger partial charge is 0.351 e. The van der Waals surface area contributed by atoms with Gasteiger partial charge in [0.25, 0.3) is 5.91 Å². The lowest BCUT2D eigenvalue weighted by atomic mass is 10.1. The molecule has 2 aliphatic heterocycles. The first-order valence-corrected chi connectivity index (χ1v) is 7.83. The molecule has 1 aromatic rings. The molecule has 5 heteroatoms. The molecule has 0 spiro atoms. The van der Waals surface area contributed by atoms with Crippen molar-refractivity contribution in [2.24, 2.45) is 4.99 Å². The summed E-state index contributed by atoms with van der Waals surface area (Å²) in [5.41, 5.74) is 0. The molecule has 1 aromatic heterocycles. The fourth-order valence-electron chi connectivity index (χ4n) is 2.12. The molecule has 1 fully saturated rings. The molecular weight excluding hydrogens is 264 g/mol.